The zero-order chi connectivity index (χ0) is 25.3. The predicted octanol–water partition coefficient (Wildman–Crippen LogP) is -0.732. The summed E-state index contributed by atoms with van der Waals surface area (Å²) in [7, 11) is 0. The number of thioether (sulfide) groups is 1. The standard InChI is InChI=1S/C17H20IN5O9S/c18-14-10(23(31)32)3-7(15(20)27)4-11(14)33-6-9(16(28)21-5-13(25)26)22-12(24)2-1-8(19)17(29)30/h3-4,8-9H,1-2,5-6,19H2,(H2,20,27)(H,21,28)(H,22,24)(H,25,26)(H,29,30). The number of carboxylic acids is 2. The van der Waals surface area contributed by atoms with Crippen molar-refractivity contribution in [2.75, 3.05) is 12.3 Å². The maximum atomic E-state index is 12.4. The topological polar surface area (TPSA) is 245 Å². The zero-order valence-corrected chi connectivity index (χ0v) is 19.8. The molecule has 2 unspecified atom stereocenters. The Morgan fingerprint density at radius 2 is 1.85 bits per heavy atom. The van der Waals surface area contributed by atoms with Crippen LogP contribution in [0.1, 0.15) is 23.2 Å². The first-order chi connectivity index (χ1) is 15.3. The molecule has 0 aliphatic rings. The normalized spacial score (nSPS) is 12.3. The summed E-state index contributed by atoms with van der Waals surface area (Å²) in [5.41, 5.74) is 10.0. The number of carboxylic acid groups (broad SMARTS) is 2. The molecule has 0 radical (unpaired) electrons. The molecule has 3 amide bonds. The third-order valence-corrected chi connectivity index (χ3v) is 6.60. The van der Waals surface area contributed by atoms with Gasteiger partial charge in [0.2, 0.25) is 17.7 Å². The van der Waals surface area contributed by atoms with Crippen molar-refractivity contribution in [1.82, 2.24) is 10.6 Å². The third-order valence-electron chi connectivity index (χ3n) is 3.97. The van der Waals surface area contributed by atoms with Gasteiger partial charge in [-0.15, -0.1) is 11.8 Å². The van der Waals surface area contributed by atoms with Crippen LogP contribution >= 0.6 is 34.4 Å². The van der Waals surface area contributed by atoms with Gasteiger partial charge in [-0.2, -0.15) is 0 Å². The van der Waals surface area contributed by atoms with Crippen LogP contribution in [0, 0.1) is 13.7 Å². The largest absolute Gasteiger partial charge is 0.480 e. The number of nitrogens with zero attached hydrogens (tertiary/aromatic N) is 1. The van der Waals surface area contributed by atoms with Gasteiger partial charge in [0.05, 0.1) is 4.92 Å². The molecule has 0 aromatic heterocycles. The predicted molar refractivity (Wildman–Crippen MR) is 122 cm³/mol. The monoisotopic (exact) mass is 597 g/mol. The van der Waals surface area contributed by atoms with Gasteiger partial charge in [0.25, 0.3) is 5.69 Å². The second-order valence-corrected chi connectivity index (χ2v) is 8.60. The summed E-state index contributed by atoms with van der Waals surface area (Å²) in [6.07, 6.45) is -0.524. The molecule has 0 heterocycles. The lowest BCUT2D eigenvalue weighted by atomic mass is 10.1. The van der Waals surface area contributed by atoms with E-state index in [4.69, 9.17) is 21.7 Å². The van der Waals surface area contributed by atoms with Crippen LogP contribution in [0.2, 0.25) is 0 Å². The van der Waals surface area contributed by atoms with Gasteiger partial charge in [-0.05, 0) is 35.1 Å². The molecule has 14 nitrogen and oxygen atoms in total. The summed E-state index contributed by atoms with van der Waals surface area (Å²) in [5.74, 6) is -5.30. The van der Waals surface area contributed by atoms with E-state index in [1.165, 1.54) is 6.07 Å². The summed E-state index contributed by atoms with van der Waals surface area (Å²) in [6.45, 7) is -0.722. The fourth-order valence-corrected chi connectivity index (χ4v) is 4.28. The van der Waals surface area contributed by atoms with Crippen LogP contribution in [0.3, 0.4) is 0 Å². The van der Waals surface area contributed by atoms with Gasteiger partial charge in [0, 0.05) is 28.7 Å². The molecule has 16 heteroatoms. The smallest absolute Gasteiger partial charge is 0.322 e. The Morgan fingerprint density at radius 1 is 1.21 bits per heavy atom. The van der Waals surface area contributed by atoms with Crippen molar-refractivity contribution in [3.8, 4) is 0 Å². The number of nitro benzene ring substituents is 1. The van der Waals surface area contributed by atoms with E-state index in [-0.39, 0.29) is 38.3 Å². The quantitative estimate of drug-likeness (QED) is 0.0716. The number of carbonyl (C=O) groups excluding carboxylic acids is 3. The Hall–Kier alpha value is -2.99. The maximum absolute atomic E-state index is 12.4. The highest BCUT2D eigenvalue weighted by Gasteiger charge is 2.25. The summed E-state index contributed by atoms with van der Waals surface area (Å²) >= 11 is 2.58. The van der Waals surface area contributed by atoms with Crippen molar-refractivity contribution >= 4 is 69.7 Å². The Kier molecular flexibility index (Phi) is 11.0. The molecule has 0 bridgehead atoms. The average Bonchev–Trinajstić information content (AvgIpc) is 2.73. The number of hydrogen-bond acceptors (Lipinski definition) is 9. The first-order valence-electron chi connectivity index (χ1n) is 9.01. The van der Waals surface area contributed by atoms with E-state index in [1.807, 2.05) is 0 Å². The number of carbonyl (C=O) groups is 5. The van der Waals surface area contributed by atoms with Crippen molar-refractivity contribution in [1.29, 1.82) is 0 Å². The minimum atomic E-state index is -1.33. The molecule has 1 aromatic rings. The van der Waals surface area contributed by atoms with Gasteiger partial charge in [-0.1, -0.05) is 0 Å². The third kappa shape index (κ3) is 9.18. The number of amides is 3. The first kappa shape index (κ1) is 28.0. The number of hydrogen-bond donors (Lipinski definition) is 6. The van der Waals surface area contributed by atoms with Crippen LogP contribution in [0.15, 0.2) is 17.0 Å². The lowest BCUT2D eigenvalue weighted by molar-refractivity contribution is -0.386. The van der Waals surface area contributed by atoms with E-state index in [0.717, 1.165) is 17.8 Å². The van der Waals surface area contributed by atoms with E-state index < -0.39 is 53.2 Å². The lowest BCUT2D eigenvalue weighted by Gasteiger charge is -2.18. The molecule has 0 spiro atoms. The molecule has 1 rings (SSSR count). The molecular formula is C17H20IN5O9S. The Labute approximate surface area is 204 Å². The molecule has 1 aromatic carbocycles. The number of rotatable bonds is 13. The minimum Gasteiger partial charge on any atom is -0.480 e. The van der Waals surface area contributed by atoms with Crippen LogP contribution < -0.4 is 22.1 Å². The van der Waals surface area contributed by atoms with Gasteiger partial charge in [0.1, 0.15) is 22.2 Å². The van der Waals surface area contributed by atoms with E-state index >= 15 is 0 Å². The molecule has 0 aliphatic carbocycles. The summed E-state index contributed by atoms with van der Waals surface area (Å²) in [5, 5.41) is 33.3. The molecule has 33 heavy (non-hydrogen) atoms. The van der Waals surface area contributed by atoms with Crippen molar-refractivity contribution in [3.05, 3.63) is 31.4 Å². The van der Waals surface area contributed by atoms with Crippen LogP contribution in [0.4, 0.5) is 5.69 Å². The molecular weight excluding hydrogens is 577 g/mol. The average molecular weight is 597 g/mol. The van der Waals surface area contributed by atoms with Gasteiger partial charge in [-0.25, -0.2) is 0 Å². The highest BCUT2D eigenvalue weighted by molar-refractivity contribution is 14.1. The molecule has 0 saturated heterocycles. The Bertz CT molecular complexity index is 974. The number of nitro groups is 1. The second-order valence-electron chi connectivity index (χ2n) is 6.45. The number of nitrogens with one attached hydrogen (secondary N) is 2. The number of aliphatic carboxylic acids is 2. The van der Waals surface area contributed by atoms with Crippen molar-refractivity contribution < 1.29 is 39.1 Å². The van der Waals surface area contributed by atoms with Crippen LogP contribution in [0.5, 0.6) is 0 Å². The molecule has 0 fully saturated rings. The number of primary amides is 1. The van der Waals surface area contributed by atoms with Gasteiger partial charge in [0.15, 0.2) is 0 Å². The summed E-state index contributed by atoms with van der Waals surface area (Å²) < 4.78 is 0.163. The van der Waals surface area contributed by atoms with Gasteiger partial charge < -0.3 is 32.3 Å². The Balaban J connectivity index is 3.06. The molecule has 180 valence electrons. The number of halogens is 1. The number of benzene rings is 1. The fourth-order valence-electron chi connectivity index (χ4n) is 2.28. The van der Waals surface area contributed by atoms with E-state index in [2.05, 4.69) is 10.6 Å². The summed E-state index contributed by atoms with van der Waals surface area (Å²) in [6, 6.07) is -0.265. The zero-order valence-electron chi connectivity index (χ0n) is 16.8. The van der Waals surface area contributed by atoms with Gasteiger partial charge in [-0.3, -0.25) is 34.1 Å². The SMILES string of the molecule is NC(=O)c1cc(SCC(NC(=O)CCC(N)C(=O)O)C(=O)NCC(=O)O)c(I)c([N+](=O)[O-])c1. The highest BCUT2D eigenvalue weighted by Crippen LogP contribution is 2.33. The van der Waals surface area contributed by atoms with E-state index in [0.29, 0.717) is 0 Å². The van der Waals surface area contributed by atoms with Crippen molar-refractivity contribution in [2.24, 2.45) is 11.5 Å². The van der Waals surface area contributed by atoms with Crippen LogP contribution in [-0.2, 0) is 19.2 Å². The molecule has 0 saturated carbocycles. The molecule has 8 N–H and O–H groups in total. The molecule has 2 atom stereocenters. The minimum absolute atomic E-state index is 0.136. The van der Waals surface area contributed by atoms with Crippen molar-refractivity contribution in [2.45, 2.75) is 29.8 Å². The highest BCUT2D eigenvalue weighted by atomic mass is 127. The van der Waals surface area contributed by atoms with Crippen LogP contribution in [-0.4, -0.2) is 69.2 Å². The number of nitrogens with two attached hydrogens (primary N) is 2. The fraction of sp³-hybridized carbons (Fsp3) is 0.353. The van der Waals surface area contributed by atoms with E-state index in [9.17, 15) is 34.1 Å². The maximum Gasteiger partial charge on any atom is 0.322 e. The van der Waals surface area contributed by atoms with Gasteiger partial charge >= 0.3 is 11.9 Å². The van der Waals surface area contributed by atoms with Crippen molar-refractivity contribution in [3.63, 3.8) is 0 Å². The summed E-state index contributed by atoms with van der Waals surface area (Å²) in [4.78, 5) is 68.4. The molecule has 0 aliphatic heterocycles. The lowest BCUT2D eigenvalue weighted by Crippen LogP contribution is -2.49. The first-order valence-corrected chi connectivity index (χ1v) is 11.1. The van der Waals surface area contributed by atoms with Crippen LogP contribution in [0.25, 0.3) is 0 Å². The second kappa shape index (κ2) is 12.9. The Morgan fingerprint density at radius 3 is 2.36 bits per heavy atom. The van der Waals surface area contributed by atoms with E-state index in [1.54, 1.807) is 22.6 Å².